The molecule has 6 nitrogen and oxygen atoms in total. The molecular formula is C32H34ClNO5S. The summed E-state index contributed by atoms with van der Waals surface area (Å²) in [5.74, 6) is -0.629. The van der Waals surface area contributed by atoms with E-state index in [-0.39, 0.29) is 41.2 Å². The number of sulfonamides is 1. The van der Waals surface area contributed by atoms with E-state index >= 15 is 0 Å². The Morgan fingerprint density at radius 1 is 1.00 bits per heavy atom. The average molecular weight is 580 g/mol. The largest absolute Gasteiger partial charge is 0.481 e. The van der Waals surface area contributed by atoms with Gasteiger partial charge in [0, 0.05) is 29.3 Å². The molecule has 2 aliphatic rings. The SMILES string of the molecule is O=C(O)CCC/C=C\C[C@H]1[C@H](CNS(=O)(=O)c2ccc(Cl)cc2)C2CC1(c1ccc(-c3ccccc3)cc1)CO2. The average Bonchev–Trinajstić information content (AvgIpc) is 3.53. The second-order valence-corrected chi connectivity index (χ2v) is 12.9. The minimum Gasteiger partial charge on any atom is -0.481 e. The number of hydrogen-bond donors (Lipinski definition) is 2. The zero-order chi connectivity index (χ0) is 28.2. The summed E-state index contributed by atoms with van der Waals surface area (Å²) in [5, 5.41) is 9.40. The topological polar surface area (TPSA) is 92.7 Å². The molecule has 40 heavy (non-hydrogen) atoms. The number of fused-ring (bicyclic) bond motifs is 2. The summed E-state index contributed by atoms with van der Waals surface area (Å²) in [6, 6.07) is 25.1. The number of carbonyl (C=O) groups is 1. The molecule has 2 fully saturated rings. The van der Waals surface area contributed by atoms with E-state index in [0.717, 1.165) is 24.0 Å². The molecule has 210 valence electrons. The normalized spacial score (nSPS) is 24.1. The summed E-state index contributed by atoms with van der Waals surface area (Å²) < 4.78 is 35.2. The van der Waals surface area contributed by atoms with Gasteiger partial charge in [-0.3, -0.25) is 4.79 Å². The molecule has 0 radical (unpaired) electrons. The van der Waals surface area contributed by atoms with Crippen LogP contribution in [0.4, 0.5) is 0 Å². The van der Waals surface area contributed by atoms with Crippen LogP contribution >= 0.6 is 11.6 Å². The summed E-state index contributed by atoms with van der Waals surface area (Å²) >= 11 is 5.95. The Hall–Kier alpha value is -2.97. The van der Waals surface area contributed by atoms with Crippen molar-refractivity contribution < 1.29 is 23.1 Å². The number of carboxylic acid groups (broad SMARTS) is 1. The standard InChI is InChI=1S/C32H34ClNO5S/c33-26-16-18-27(19-17-26)40(37,38)34-21-28-29(10-6-1-2-7-11-31(35)36)32(20-30(28)39-22-32)25-14-12-24(13-15-25)23-8-4-3-5-9-23/h1,3-6,8-9,12-19,28-30,34H,2,7,10-11,20-22H2,(H,35,36)/b6-1-/t28-,29-,30?,32?/m0/s1. The van der Waals surface area contributed by atoms with Crippen molar-refractivity contribution in [2.75, 3.05) is 13.2 Å². The van der Waals surface area contributed by atoms with Crippen LogP contribution in [-0.4, -0.2) is 38.7 Å². The highest BCUT2D eigenvalue weighted by Crippen LogP contribution is 2.56. The molecule has 0 spiro atoms. The maximum atomic E-state index is 13.1. The van der Waals surface area contributed by atoms with Crippen LogP contribution in [0.1, 0.15) is 37.7 Å². The van der Waals surface area contributed by atoms with Gasteiger partial charge in [0.25, 0.3) is 0 Å². The first-order chi connectivity index (χ1) is 19.3. The Balaban J connectivity index is 1.37. The second-order valence-electron chi connectivity index (χ2n) is 10.7. The van der Waals surface area contributed by atoms with Gasteiger partial charge in [0.05, 0.1) is 17.6 Å². The fourth-order valence-corrected chi connectivity index (χ4v) is 7.48. The van der Waals surface area contributed by atoms with Crippen molar-refractivity contribution in [1.82, 2.24) is 4.72 Å². The second kappa shape index (κ2) is 12.3. The number of nitrogens with one attached hydrogen (secondary N) is 1. The van der Waals surface area contributed by atoms with Crippen LogP contribution in [0.2, 0.25) is 5.02 Å². The maximum absolute atomic E-state index is 13.1. The number of allylic oxidation sites excluding steroid dienone is 2. The molecule has 0 amide bonds. The first-order valence-corrected chi connectivity index (χ1v) is 15.5. The van der Waals surface area contributed by atoms with Crippen LogP contribution in [0, 0.1) is 11.8 Å². The Bertz CT molecular complexity index is 1440. The lowest BCUT2D eigenvalue weighted by Crippen LogP contribution is -2.44. The lowest BCUT2D eigenvalue weighted by molar-refractivity contribution is -0.137. The van der Waals surface area contributed by atoms with Crippen LogP contribution in [0.15, 0.2) is 95.9 Å². The van der Waals surface area contributed by atoms with Gasteiger partial charge in [-0.1, -0.05) is 78.4 Å². The predicted octanol–water partition coefficient (Wildman–Crippen LogP) is 6.46. The zero-order valence-electron chi connectivity index (χ0n) is 22.2. The van der Waals surface area contributed by atoms with Crippen molar-refractivity contribution in [3.8, 4) is 11.1 Å². The van der Waals surface area contributed by atoms with Crippen LogP contribution in [0.3, 0.4) is 0 Å². The molecule has 2 unspecified atom stereocenters. The smallest absolute Gasteiger partial charge is 0.303 e. The number of hydrogen-bond acceptors (Lipinski definition) is 4. The number of aliphatic carboxylic acids is 1. The molecule has 1 aliphatic carbocycles. The highest BCUT2D eigenvalue weighted by molar-refractivity contribution is 7.89. The molecule has 1 aliphatic heterocycles. The molecule has 3 aromatic carbocycles. The zero-order valence-corrected chi connectivity index (χ0v) is 23.8. The summed E-state index contributed by atoms with van der Waals surface area (Å²) in [6.07, 6.45) is 7.18. The number of halogens is 1. The van der Waals surface area contributed by atoms with E-state index in [9.17, 15) is 13.2 Å². The van der Waals surface area contributed by atoms with E-state index in [1.165, 1.54) is 17.7 Å². The van der Waals surface area contributed by atoms with Gasteiger partial charge in [0.15, 0.2) is 0 Å². The Morgan fingerprint density at radius 3 is 2.40 bits per heavy atom. The highest BCUT2D eigenvalue weighted by Gasteiger charge is 2.59. The number of unbranched alkanes of at least 4 members (excludes halogenated alkanes) is 1. The summed E-state index contributed by atoms with van der Waals surface area (Å²) in [7, 11) is -3.70. The number of carboxylic acids is 1. The third-order valence-electron chi connectivity index (χ3n) is 8.34. The van der Waals surface area contributed by atoms with E-state index in [4.69, 9.17) is 21.4 Å². The van der Waals surface area contributed by atoms with E-state index in [2.05, 4.69) is 53.3 Å². The third kappa shape index (κ3) is 6.18. The minimum atomic E-state index is -3.70. The molecule has 1 saturated carbocycles. The van der Waals surface area contributed by atoms with Crippen molar-refractivity contribution >= 4 is 27.6 Å². The van der Waals surface area contributed by atoms with Crippen molar-refractivity contribution in [3.63, 3.8) is 0 Å². The molecule has 4 atom stereocenters. The number of ether oxygens (including phenoxy) is 1. The lowest BCUT2D eigenvalue weighted by Gasteiger charge is -2.39. The van der Waals surface area contributed by atoms with Gasteiger partial charge in [0.2, 0.25) is 10.0 Å². The van der Waals surface area contributed by atoms with E-state index < -0.39 is 16.0 Å². The van der Waals surface area contributed by atoms with Crippen molar-refractivity contribution in [2.24, 2.45) is 11.8 Å². The van der Waals surface area contributed by atoms with E-state index in [1.807, 2.05) is 18.2 Å². The molecule has 2 bridgehead atoms. The van der Waals surface area contributed by atoms with Crippen LogP contribution < -0.4 is 4.72 Å². The van der Waals surface area contributed by atoms with Crippen molar-refractivity contribution in [3.05, 3.63) is 102 Å². The number of rotatable bonds is 12. The van der Waals surface area contributed by atoms with Gasteiger partial charge < -0.3 is 9.84 Å². The maximum Gasteiger partial charge on any atom is 0.303 e. The molecule has 3 aromatic rings. The predicted molar refractivity (Wildman–Crippen MR) is 157 cm³/mol. The summed E-state index contributed by atoms with van der Waals surface area (Å²) in [6.45, 7) is 0.872. The van der Waals surface area contributed by atoms with Gasteiger partial charge in [-0.05, 0) is 72.6 Å². The van der Waals surface area contributed by atoms with Gasteiger partial charge in [0.1, 0.15) is 0 Å². The molecule has 1 saturated heterocycles. The molecule has 0 aromatic heterocycles. The first-order valence-electron chi connectivity index (χ1n) is 13.7. The third-order valence-corrected chi connectivity index (χ3v) is 10.0. The fourth-order valence-electron chi connectivity index (χ4n) is 6.28. The summed E-state index contributed by atoms with van der Waals surface area (Å²) in [4.78, 5) is 11.0. The molecular weight excluding hydrogens is 546 g/mol. The van der Waals surface area contributed by atoms with Gasteiger partial charge in [-0.2, -0.15) is 0 Å². The Labute approximate surface area is 241 Å². The first kappa shape index (κ1) is 28.6. The van der Waals surface area contributed by atoms with E-state index in [0.29, 0.717) is 24.5 Å². The number of benzene rings is 3. The van der Waals surface area contributed by atoms with Gasteiger partial charge in [-0.15, -0.1) is 0 Å². The van der Waals surface area contributed by atoms with E-state index in [1.54, 1.807) is 12.1 Å². The highest BCUT2D eigenvalue weighted by atomic mass is 35.5. The lowest BCUT2D eigenvalue weighted by atomic mass is 9.69. The van der Waals surface area contributed by atoms with Crippen LogP contribution in [0.5, 0.6) is 0 Å². The molecule has 1 heterocycles. The van der Waals surface area contributed by atoms with Crippen LogP contribution in [0.25, 0.3) is 11.1 Å². The quantitative estimate of drug-likeness (QED) is 0.190. The van der Waals surface area contributed by atoms with Crippen LogP contribution in [-0.2, 0) is 25.0 Å². The Morgan fingerprint density at radius 2 is 1.70 bits per heavy atom. The molecule has 2 N–H and O–H groups in total. The van der Waals surface area contributed by atoms with Crippen molar-refractivity contribution in [2.45, 2.75) is 48.5 Å². The molecule has 8 heteroatoms. The molecule has 5 rings (SSSR count). The fraction of sp³-hybridized carbons (Fsp3) is 0.344. The Kier molecular flexibility index (Phi) is 8.76. The minimum absolute atomic E-state index is 0.00621. The monoisotopic (exact) mass is 579 g/mol. The summed E-state index contributed by atoms with van der Waals surface area (Å²) in [5.41, 5.74) is 3.30. The van der Waals surface area contributed by atoms with Gasteiger partial charge in [-0.25, -0.2) is 13.1 Å². The van der Waals surface area contributed by atoms with Crippen molar-refractivity contribution in [1.29, 1.82) is 0 Å². The van der Waals surface area contributed by atoms with Gasteiger partial charge >= 0.3 is 5.97 Å².